The van der Waals surface area contributed by atoms with Gasteiger partial charge in [-0.15, -0.1) is 0 Å². The van der Waals surface area contributed by atoms with E-state index in [1.165, 1.54) is 71.9 Å². The fourth-order valence-corrected chi connectivity index (χ4v) is 16.7. The van der Waals surface area contributed by atoms with Gasteiger partial charge >= 0.3 is 12.2 Å². The average molecular weight is 1370 g/mol. The van der Waals surface area contributed by atoms with E-state index in [9.17, 15) is 9.59 Å². The summed E-state index contributed by atoms with van der Waals surface area (Å²) in [5.74, 6) is 4.02. The molecule has 3 atom stereocenters. The number of carbonyl (C=O) groups excluding carboxylic acids is 2. The molecule has 19 nitrogen and oxygen atoms in total. The first-order valence-corrected chi connectivity index (χ1v) is 36.4. The number of hydrogen-bond donors (Lipinski definition) is 4. The van der Waals surface area contributed by atoms with Crippen molar-refractivity contribution in [3.8, 4) is 11.8 Å². The Labute approximate surface area is 576 Å². The summed E-state index contributed by atoms with van der Waals surface area (Å²) in [6.07, 6.45) is 33.9. The van der Waals surface area contributed by atoms with Crippen LogP contribution in [0.15, 0.2) is 115 Å². The number of aromatic nitrogens is 6. The third kappa shape index (κ3) is 16.7. The first-order valence-electron chi connectivity index (χ1n) is 35.6. The molecule has 6 heterocycles. The second-order valence-electron chi connectivity index (χ2n) is 30.4. The summed E-state index contributed by atoms with van der Waals surface area (Å²) < 4.78 is 23.8. The lowest BCUT2D eigenvalue weighted by molar-refractivity contribution is 0.0418. The van der Waals surface area contributed by atoms with Crippen molar-refractivity contribution in [2.45, 2.75) is 224 Å². The number of rotatable bonds is 9. The van der Waals surface area contributed by atoms with Gasteiger partial charge in [-0.25, -0.2) is 39.5 Å². The number of nitrogens with one attached hydrogen (secondary N) is 2. The number of nitrogens with zero attached hydrogens (tertiary/aromatic N) is 9. The molecule has 514 valence electrons. The highest BCUT2D eigenvalue weighted by Gasteiger charge is 2.51. The van der Waals surface area contributed by atoms with Crippen LogP contribution in [0.3, 0.4) is 0 Å². The molecule has 3 saturated carbocycles. The van der Waals surface area contributed by atoms with Crippen LogP contribution in [-0.2, 0) is 28.7 Å². The third-order valence-electron chi connectivity index (χ3n) is 21.5. The minimum atomic E-state index is -0.523. The highest BCUT2D eigenvalue weighted by atomic mass is 79.9. The van der Waals surface area contributed by atoms with Crippen LogP contribution in [0.4, 0.5) is 27.0 Å². The average Bonchev–Trinajstić information content (AvgIpc) is 1.61. The Morgan fingerprint density at radius 2 is 0.823 bits per heavy atom. The van der Waals surface area contributed by atoms with E-state index in [0.29, 0.717) is 17.9 Å². The standard InChI is InChI=1S/C27H36N4O3.C22H27BrN4O2.C22H28N4O.C5H10O/c1-26(2,3)34-25(32)30-24-21-11-7-4-8-19(21)16-27(24)12-14-31(15-13-27)22-17-29-23(18-28-22)33-20-9-5-6-10-20;1-21(2,3)29-20(28)26-19-16-7-5-4-6-15(16)12-22(19)8-10-27(11-9-22)18-14-24-17(23)13-25-18;23-21-18-8-4-1-5-16(18)13-22(21)9-11-26(12-10-22)19-14-25-20(15-24-19)27-17-6-2-3-7-17;6-5-3-1-2-4-5/h4,7-8,11,17-18,20,24H,5-6,9-10,12-16H2,1-3H3,(H,30,32);4-7,13-14,19H,8-12H2,1-3H3,(H,26,28);1,4-5,8,14-15,17,21H,2-3,6-7,9-13,23H2;5-6H,1-4H2/t24-;19-;21-;/m111./s1. The molecule has 20 heteroatoms. The van der Waals surface area contributed by atoms with Crippen molar-refractivity contribution < 1.29 is 33.6 Å². The van der Waals surface area contributed by atoms with Crippen LogP contribution in [0.1, 0.15) is 209 Å². The summed E-state index contributed by atoms with van der Waals surface area (Å²) in [4.78, 5) is 59.3. The number of ether oxygens (including phenoxy) is 4. The van der Waals surface area contributed by atoms with E-state index in [2.05, 4.69) is 138 Å². The number of anilines is 3. The van der Waals surface area contributed by atoms with Crippen LogP contribution in [0.25, 0.3) is 0 Å². The van der Waals surface area contributed by atoms with Crippen molar-refractivity contribution in [3.05, 3.63) is 148 Å². The van der Waals surface area contributed by atoms with Crippen LogP contribution >= 0.6 is 15.9 Å². The monoisotopic (exact) mass is 1370 g/mol. The number of piperidine rings is 3. The number of aliphatic hydroxyl groups excluding tert-OH is 1. The number of aliphatic hydroxyl groups is 1. The number of amides is 2. The molecule has 3 spiro atoms. The Morgan fingerprint density at radius 1 is 0.479 bits per heavy atom. The topological polar surface area (TPSA) is 228 Å². The highest BCUT2D eigenvalue weighted by Crippen LogP contribution is 2.55. The Balaban J connectivity index is 0.000000132. The maximum Gasteiger partial charge on any atom is 0.408 e. The zero-order chi connectivity index (χ0) is 67.1. The largest absolute Gasteiger partial charge is 0.473 e. The Morgan fingerprint density at radius 3 is 1.17 bits per heavy atom. The number of nitrogens with two attached hydrogens (primary N) is 1. The molecule has 96 heavy (non-hydrogen) atoms. The fourth-order valence-electron chi connectivity index (χ4n) is 16.5. The van der Waals surface area contributed by atoms with E-state index in [4.69, 9.17) is 29.8 Å². The zero-order valence-corrected chi connectivity index (χ0v) is 58.9. The summed E-state index contributed by atoms with van der Waals surface area (Å²) in [5, 5.41) is 15.2. The molecule has 0 unspecified atom stereocenters. The maximum atomic E-state index is 12.7. The van der Waals surface area contributed by atoms with Crippen molar-refractivity contribution >= 4 is 45.6 Å². The van der Waals surface area contributed by atoms with Gasteiger partial charge in [-0.05, 0) is 218 Å². The van der Waals surface area contributed by atoms with Crippen molar-refractivity contribution in [2.24, 2.45) is 22.0 Å². The number of halogens is 1. The summed E-state index contributed by atoms with van der Waals surface area (Å²) in [5.41, 5.74) is 13.7. The van der Waals surface area contributed by atoms with Crippen molar-refractivity contribution in [1.82, 2.24) is 40.5 Å². The van der Waals surface area contributed by atoms with E-state index in [1.807, 2.05) is 66.2 Å². The predicted molar refractivity (Wildman–Crippen MR) is 377 cm³/mol. The predicted octanol–water partition coefficient (Wildman–Crippen LogP) is 14.4. The molecular weight excluding hydrogens is 1270 g/mol. The second-order valence-corrected chi connectivity index (χ2v) is 31.2. The summed E-state index contributed by atoms with van der Waals surface area (Å²) in [6, 6.07) is 25.7. The van der Waals surface area contributed by atoms with E-state index in [1.54, 1.807) is 18.6 Å². The van der Waals surface area contributed by atoms with Gasteiger partial charge in [0.1, 0.15) is 45.5 Å². The molecular formula is C76H101BrN12O7. The quantitative estimate of drug-likeness (QED) is 0.105. The van der Waals surface area contributed by atoms with Gasteiger partial charge in [0.2, 0.25) is 11.8 Å². The van der Waals surface area contributed by atoms with E-state index < -0.39 is 11.2 Å². The lowest BCUT2D eigenvalue weighted by atomic mass is 9.72. The number of hydrogen-bond acceptors (Lipinski definition) is 17. The van der Waals surface area contributed by atoms with Crippen LogP contribution in [-0.4, -0.2) is 116 Å². The van der Waals surface area contributed by atoms with Crippen LogP contribution in [0, 0.1) is 16.2 Å². The number of carbonyl (C=O) groups is 2. The summed E-state index contributed by atoms with van der Waals surface area (Å²) in [7, 11) is 0. The molecule has 0 radical (unpaired) electrons. The molecule has 6 fully saturated rings. The van der Waals surface area contributed by atoms with Gasteiger partial charge in [-0.1, -0.05) is 85.6 Å². The van der Waals surface area contributed by atoms with Gasteiger partial charge < -0.3 is 55.1 Å². The van der Waals surface area contributed by atoms with Gasteiger partial charge in [-0.3, -0.25) is 0 Å². The van der Waals surface area contributed by atoms with E-state index in [0.717, 1.165) is 158 Å². The highest BCUT2D eigenvalue weighted by molar-refractivity contribution is 9.10. The van der Waals surface area contributed by atoms with Crippen LogP contribution < -0.4 is 40.5 Å². The molecule has 15 rings (SSSR count). The molecule has 3 aliphatic heterocycles. The number of fused-ring (bicyclic) bond motifs is 3. The van der Waals surface area contributed by atoms with Crippen LogP contribution in [0.5, 0.6) is 11.8 Å². The van der Waals surface area contributed by atoms with E-state index >= 15 is 0 Å². The smallest absolute Gasteiger partial charge is 0.408 e. The van der Waals surface area contributed by atoms with Crippen molar-refractivity contribution in [2.75, 3.05) is 54.0 Å². The minimum absolute atomic E-state index is 0.000116. The van der Waals surface area contributed by atoms with Gasteiger partial charge in [0.15, 0.2) is 0 Å². The molecule has 3 aromatic heterocycles. The molecule has 2 amide bonds. The molecule has 6 aromatic rings. The lowest BCUT2D eigenvalue weighted by Gasteiger charge is -2.43. The second kappa shape index (κ2) is 29.9. The van der Waals surface area contributed by atoms with E-state index in [-0.39, 0.29) is 58.8 Å². The van der Waals surface area contributed by atoms with Gasteiger partial charge in [0.05, 0.1) is 55.4 Å². The van der Waals surface area contributed by atoms with Crippen molar-refractivity contribution in [1.29, 1.82) is 0 Å². The summed E-state index contributed by atoms with van der Waals surface area (Å²) in [6.45, 7) is 16.9. The van der Waals surface area contributed by atoms with Gasteiger partial charge in [-0.2, -0.15) is 0 Å². The zero-order valence-electron chi connectivity index (χ0n) is 57.3. The fraction of sp³-hybridized carbons (Fsp3) is 0.579. The first-order chi connectivity index (χ1) is 46.2. The normalized spacial score (nSPS) is 22.4. The molecule has 0 bridgehead atoms. The number of alkyl carbamates (subject to hydrolysis) is 2. The Bertz CT molecular complexity index is 3530. The lowest BCUT2D eigenvalue weighted by Crippen LogP contribution is -2.47. The Hall–Kier alpha value is -7.16. The molecule has 6 aliphatic carbocycles. The van der Waals surface area contributed by atoms with Crippen LogP contribution in [0.2, 0.25) is 0 Å². The third-order valence-corrected chi connectivity index (χ3v) is 22.0. The maximum absolute atomic E-state index is 12.7. The number of benzene rings is 3. The molecule has 5 N–H and O–H groups in total. The van der Waals surface area contributed by atoms with Gasteiger partial charge in [0, 0.05) is 56.1 Å². The SMILES string of the molecule is CC(C)(C)OC(=O)N[C@@H]1c2ccccc2CC12CCN(c1cnc(Br)cn1)CC2.CC(C)(C)OC(=O)N[C@@H]1c2ccccc2CC12CCN(c1cnc(OC3CCCC3)cn1)CC2.N[C@@H]1c2ccccc2CC12CCN(c1cnc(OC3CCCC3)cn1)CC2.OC1CCCC1. The first kappa shape index (κ1) is 68.8. The van der Waals surface area contributed by atoms with Gasteiger partial charge in [0.25, 0.3) is 0 Å². The molecule has 9 aliphatic rings. The minimum Gasteiger partial charge on any atom is -0.473 e. The molecule has 3 aromatic carbocycles. The Kier molecular flexibility index (Phi) is 21.4. The van der Waals surface area contributed by atoms with Crippen molar-refractivity contribution in [3.63, 3.8) is 0 Å². The molecule has 3 saturated heterocycles. The summed E-state index contributed by atoms with van der Waals surface area (Å²) >= 11 is 3.34.